The summed E-state index contributed by atoms with van der Waals surface area (Å²) in [6.45, 7) is 3.51. The highest BCUT2D eigenvalue weighted by Crippen LogP contribution is 2.27. The molecule has 0 bridgehead atoms. The molecule has 0 unspecified atom stereocenters. The van der Waals surface area contributed by atoms with Crippen LogP contribution in [0.15, 0.2) is 33.2 Å². The minimum atomic E-state index is -0.619. The lowest BCUT2D eigenvalue weighted by atomic mass is 10.2. The van der Waals surface area contributed by atoms with E-state index in [4.69, 9.17) is 13.6 Å². The van der Waals surface area contributed by atoms with E-state index in [1.54, 1.807) is 19.1 Å². The predicted molar refractivity (Wildman–Crippen MR) is 76.7 cm³/mol. The average molecular weight is 316 g/mol. The van der Waals surface area contributed by atoms with Crippen molar-refractivity contribution in [2.24, 2.45) is 0 Å². The molecule has 23 heavy (non-hydrogen) atoms. The highest BCUT2D eigenvalue weighted by Gasteiger charge is 2.18. The van der Waals surface area contributed by atoms with Gasteiger partial charge >= 0.3 is 5.82 Å². The molecule has 0 spiro atoms. The van der Waals surface area contributed by atoms with Gasteiger partial charge in [0.2, 0.25) is 5.75 Å². The van der Waals surface area contributed by atoms with Gasteiger partial charge in [0.25, 0.3) is 11.8 Å². The summed E-state index contributed by atoms with van der Waals surface area (Å²) in [6, 6.07) is 4.78. The fourth-order valence-corrected chi connectivity index (χ4v) is 2.04. The van der Waals surface area contributed by atoms with Gasteiger partial charge in [0.1, 0.15) is 17.7 Å². The van der Waals surface area contributed by atoms with Gasteiger partial charge < -0.3 is 23.7 Å². The molecular formula is C14H12N4O5. The number of aromatic nitrogens is 3. The summed E-state index contributed by atoms with van der Waals surface area (Å²) in [5.74, 6) is 1.57. The monoisotopic (exact) mass is 316 g/mol. The quantitative estimate of drug-likeness (QED) is 0.521. The van der Waals surface area contributed by atoms with Crippen LogP contribution in [0.2, 0.25) is 0 Å². The van der Waals surface area contributed by atoms with Crippen LogP contribution in [0, 0.1) is 24.0 Å². The first-order valence-corrected chi connectivity index (χ1v) is 6.66. The first-order chi connectivity index (χ1) is 11.0. The lowest BCUT2D eigenvalue weighted by molar-refractivity contribution is -0.390. The van der Waals surface area contributed by atoms with Crippen LogP contribution in [0.5, 0.6) is 5.75 Å². The Morgan fingerprint density at radius 3 is 2.83 bits per heavy atom. The standard InChI is InChI=1S/C14H12N4O5/c1-8-6-10(9(2)22-8)14-17-16-12(23-14)7-21-11-4-3-5-15-13(11)18(19)20/h3-6H,7H2,1-2H3. The molecule has 0 saturated heterocycles. The summed E-state index contributed by atoms with van der Waals surface area (Å²) in [4.78, 5) is 13.9. The van der Waals surface area contributed by atoms with Crippen LogP contribution in [0.3, 0.4) is 0 Å². The predicted octanol–water partition coefficient (Wildman–Crippen LogP) is 2.83. The van der Waals surface area contributed by atoms with Crippen molar-refractivity contribution >= 4 is 5.82 Å². The Labute approximate surface area is 130 Å². The van der Waals surface area contributed by atoms with Gasteiger partial charge in [0.05, 0.1) is 5.56 Å². The van der Waals surface area contributed by atoms with E-state index < -0.39 is 4.92 Å². The van der Waals surface area contributed by atoms with E-state index in [1.807, 2.05) is 6.92 Å². The van der Waals surface area contributed by atoms with Crippen LogP contribution in [-0.4, -0.2) is 20.1 Å². The molecule has 0 fully saturated rings. The molecule has 9 heteroatoms. The second kappa shape index (κ2) is 5.87. The molecule has 0 saturated carbocycles. The third kappa shape index (κ3) is 3.03. The van der Waals surface area contributed by atoms with Gasteiger partial charge in [0.15, 0.2) is 6.61 Å². The number of hydrogen-bond acceptors (Lipinski definition) is 8. The summed E-state index contributed by atoms with van der Waals surface area (Å²) in [7, 11) is 0. The van der Waals surface area contributed by atoms with Crippen molar-refractivity contribution in [3.8, 4) is 17.2 Å². The Morgan fingerprint density at radius 1 is 1.30 bits per heavy atom. The third-order valence-corrected chi connectivity index (χ3v) is 3.01. The van der Waals surface area contributed by atoms with E-state index >= 15 is 0 Å². The first kappa shape index (κ1) is 14.7. The fourth-order valence-electron chi connectivity index (χ4n) is 2.04. The summed E-state index contributed by atoms with van der Waals surface area (Å²) >= 11 is 0. The van der Waals surface area contributed by atoms with Crippen LogP contribution in [0.4, 0.5) is 5.82 Å². The topological polar surface area (TPSA) is 117 Å². The number of furan rings is 1. The third-order valence-electron chi connectivity index (χ3n) is 3.01. The van der Waals surface area contributed by atoms with Gasteiger partial charge in [-0.05, 0) is 42.0 Å². The highest BCUT2D eigenvalue weighted by molar-refractivity contribution is 5.55. The molecule has 3 aromatic rings. The maximum atomic E-state index is 10.9. The maximum absolute atomic E-state index is 10.9. The summed E-state index contributed by atoms with van der Waals surface area (Å²) in [5.41, 5.74) is 0.702. The van der Waals surface area contributed by atoms with Crippen LogP contribution >= 0.6 is 0 Å². The van der Waals surface area contributed by atoms with Crippen molar-refractivity contribution in [3.63, 3.8) is 0 Å². The fraction of sp³-hybridized carbons (Fsp3) is 0.214. The van der Waals surface area contributed by atoms with Crippen molar-refractivity contribution in [1.82, 2.24) is 15.2 Å². The van der Waals surface area contributed by atoms with Crippen LogP contribution < -0.4 is 4.74 Å². The van der Waals surface area contributed by atoms with E-state index in [0.717, 1.165) is 5.76 Å². The van der Waals surface area contributed by atoms with Gasteiger partial charge in [-0.15, -0.1) is 10.2 Å². The lowest BCUT2D eigenvalue weighted by Crippen LogP contribution is -2.00. The van der Waals surface area contributed by atoms with Crippen molar-refractivity contribution < 1.29 is 18.5 Å². The van der Waals surface area contributed by atoms with E-state index in [9.17, 15) is 10.1 Å². The Kier molecular flexibility index (Phi) is 3.75. The molecule has 3 aromatic heterocycles. The second-order valence-corrected chi connectivity index (χ2v) is 4.70. The number of nitrogens with zero attached hydrogens (tertiary/aromatic N) is 4. The maximum Gasteiger partial charge on any atom is 0.406 e. The van der Waals surface area contributed by atoms with Crippen LogP contribution in [0.25, 0.3) is 11.5 Å². The van der Waals surface area contributed by atoms with Crippen molar-refractivity contribution in [2.75, 3.05) is 0 Å². The van der Waals surface area contributed by atoms with Gasteiger partial charge in [-0.25, -0.2) is 0 Å². The van der Waals surface area contributed by atoms with E-state index in [2.05, 4.69) is 15.2 Å². The molecule has 0 aromatic carbocycles. The minimum absolute atomic E-state index is 0.0348. The average Bonchev–Trinajstić information content (AvgIpc) is 3.11. The second-order valence-electron chi connectivity index (χ2n) is 4.70. The Hall–Kier alpha value is -3.23. The number of pyridine rings is 1. The van der Waals surface area contributed by atoms with Gasteiger partial charge in [-0.3, -0.25) is 0 Å². The Morgan fingerprint density at radius 2 is 2.13 bits per heavy atom. The molecule has 0 radical (unpaired) electrons. The van der Waals surface area contributed by atoms with E-state index in [0.29, 0.717) is 17.2 Å². The van der Waals surface area contributed by atoms with E-state index in [-0.39, 0.29) is 24.1 Å². The van der Waals surface area contributed by atoms with E-state index in [1.165, 1.54) is 12.3 Å². The van der Waals surface area contributed by atoms with Gasteiger partial charge in [-0.2, -0.15) is 0 Å². The minimum Gasteiger partial charge on any atom is -0.476 e. The van der Waals surface area contributed by atoms with Crippen molar-refractivity contribution in [3.05, 3.63) is 51.9 Å². The zero-order valence-electron chi connectivity index (χ0n) is 12.3. The molecule has 3 rings (SSSR count). The smallest absolute Gasteiger partial charge is 0.406 e. The molecule has 0 aliphatic rings. The number of ether oxygens (including phenoxy) is 1. The van der Waals surface area contributed by atoms with Crippen LogP contribution in [0.1, 0.15) is 17.4 Å². The van der Waals surface area contributed by atoms with Gasteiger partial charge in [-0.1, -0.05) is 0 Å². The SMILES string of the molecule is Cc1cc(-c2nnc(COc3cccnc3[N+](=O)[O-])o2)c(C)o1. The highest BCUT2D eigenvalue weighted by atomic mass is 16.6. The molecule has 0 aliphatic carbocycles. The van der Waals surface area contributed by atoms with Crippen molar-refractivity contribution in [2.45, 2.75) is 20.5 Å². The number of aryl methyl sites for hydroxylation is 2. The Balaban J connectivity index is 1.76. The molecule has 9 nitrogen and oxygen atoms in total. The summed E-state index contributed by atoms with van der Waals surface area (Å²) < 4.78 is 16.2. The zero-order valence-corrected chi connectivity index (χ0v) is 12.3. The molecule has 0 N–H and O–H groups in total. The lowest BCUT2D eigenvalue weighted by Gasteiger charge is -2.02. The number of nitro groups is 1. The largest absolute Gasteiger partial charge is 0.476 e. The summed E-state index contributed by atoms with van der Waals surface area (Å²) in [5, 5.41) is 18.6. The zero-order chi connectivity index (χ0) is 16.4. The first-order valence-electron chi connectivity index (χ1n) is 6.66. The molecule has 0 aliphatic heterocycles. The molecule has 118 valence electrons. The number of rotatable bonds is 5. The molecule has 0 amide bonds. The summed E-state index contributed by atoms with van der Waals surface area (Å²) in [6.07, 6.45) is 1.32. The van der Waals surface area contributed by atoms with Crippen LogP contribution in [-0.2, 0) is 6.61 Å². The Bertz CT molecular complexity index is 854. The normalized spacial score (nSPS) is 10.7. The van der Waals surface area contributed by atoms with Gasteiger partial charge in [0, 0.05) is 0 Å². The van der Waals surface area contributed by atoms with Crippen molar-refractivity contribution in [1.29, 1.82) is 0 Å². The molecular weight excluding hydrogens is 304 g/mol. The molecule has 3 heterocycles. The number of hydrogen-bond donors (Lipinski definition) is 0. The molecule has 0 atom stereocenters.